The van der Waals surface area contributed by atoms with Crippen LogP contribution in [0.1, 0.15) is 11.1 Å². The summed E-state index contributed by atoms with van der Waals surface area (Å²) in [7, 11) is 0. The molecule has 3 nitrogen and oxygen atoms in total. The van der Waals surface area contributed by atoms with Gasteiger partial charge in [-0.25, -0.2) is 9.97 Å². The standard InChI is InChI=1S/C12H10N2O/c15-12-5-3-10(4-6-12)1-2-11-7-13-9-14-8-11/h1-9,15H/b2-1+. The van der Waals surface area contributed by atoms with Gasteiger partial charge in [-0.05, 0) is 17.7 Å². The molecule has 1 heterocycles. The van der Waals surface area contributed by atoms with Gasteiger partial charge in [0, 0.05) is 18.0 Å². The zero-order chi connectivity index (χ0) is 10.5. The van der Waals surface area contributed by atoms with Crippen LogP contribution in [0.4, 0.5) is 0 Å². The van der Waals surface area contributed by atoms with E-state index in [2.05, 4.69) is 9.97 Å². The van der Waals surface area contributed by atoms with E-state index >= 15 is 0 Å². The van der Waals surface area contributed by atoms with Gasteiger partial charge in [0.2, 0.25) is 0 Å². The van der Waals surface area contributed by atoms with Gasteiger partial charge in [-0.1, -0.05) is 24.3 Å². The summed E-state index contributed by atoms with van der Waals surface area (Å²) in [5.74, 6) is 0.273. The molecule has 0 saturated carbocycles. The zero-order valence-corrected chi connectivity index (χ0v) is 8.04. The fraction of sp³-hybridized carbons (Fsp3) is 0. The van der Waals surface area contributed by atoms with Crippen LogP contribution in [0.3, 0.4) is 0 Å². The minimum atomic E-state index is 0.273. The zero-order valence-electron chi connectivity index (χ0n) is 8.04. The van der Waals surface area contributed by atoms with Crippen LogP contribution in [0.25, 0.3) is 12.2 Å². The molecule has 74 valence electrons. The predicted octanol–water partition coefficient (Wildman–Crippen LogP) is 2.35. The SMILES string of the molecule is Oc1ccc(/C=C/c2cncnc2)cc1. The summed E-state index contributed by atoms with van der Waals surface area (Å²) in [6.45, 7) is 0. The van der Waals surface area contributed by atoms with Gasteiger partial charge in [-0.2, -0.15) is 0 Å². The number of hydrogen-bond donors (Lipinski definition) is 1. The number of rotatable bonds is 2. The molecule has 15 heavy (non-hydrogen) atoms. The van der Waals surface area contributed by atoms with E-state index in [1.807, 2.05) is 24.3 Å². The van der Waals surface area contributed by atoms with Crippen LogP contribution in [0, 0.1) is 0 Å². The fourth-order valence-corrected chi connectivity index (χ4v) is 1.17. The lowest BCUT2D eigenvalue weighted by molar-refractivity contribution is 0.475. The van der Waals surface area contributed by atoms with Crippen LogP contribution in [0.15, 0.2) is 43.0 Å². The van der Waals surface area contributed by atoms with Crippen molar-refractivity contribution >= 4 is 12.2 Å². The summed E-state index contributed by atoms with van der Waals surface area (Å²) in [6, 6.07) is 6.99. The van der Waals surface area contributed by atoms with Crippen LogP contribution in [-0.2, 0) is 0 Å². The summed E-state index contributed by atoms with van der Waals surface area (Å²) < 4.78 is 0. The van der Waals surface area contributed by atoms with Crippen molar-refractivity contribution in [3.63, 3.8) is 0 Å². The highest BCUT2D eigenvalue weighted by molar-refractivity contribution is 5.68. The maximum atomic E-state index is 9.10. The summed E-state index contributed by atoms with van der Waals surface area (Å²) in [4.78, 5) is 7.82. The van der Waals surface area contributed by atoms with Gasteiger partial charge in [-0.3, -0.25) is 0 Å². The summed E-state index contributed by atoms with van der Waals surface area (Å²) in [5.41, 5.74) is 1.97. The van der Waals surface area contributed by atoms with Crippen LogP contribution in [0.5, 0.6) is 5.75 Å². The fourth-order valence-electron chi connectivity index (χ4n) is 1.17. The molecule has 0 saturated heterocycles. The highest BCUT2D eigenvalue weighted by atomic mass is 16.3. The van der Waals surface area contributed by atoms with Gasteiger partial charge in [0.05, 0.1) is 0 Å². The first-order valence-electron chi connectivity index (χ1n) is 4.57. The number of nitrogens with zero attached hydrogens (tertiary/aromatic N) is 2. The van der Waals surface area contributed by atoms with Crippen molar-refractivity contribution in [2.75, 3.05) is 0 Å². The van der Waals surface area contributed by atoms with Crippen molar-refractivity contribution in [3.8, 4) is 5.75 Å². The highest BCUT2D eigenvalue weighted by Crippen LogP contribution is 2.12. The smallest absolute Gasteiger partial charge is 0.115 e. The van der Waals surface area contributed by atoms with E-state index < -0.39 is 0 Å². The van der Waals surface area contributed by atoms with Crippen molar-refractivity contribution in [1.29, 1.82) is 0 Å². The van der Waals surface area contributed by atoms with Crippen molar-refractivity contribution < 1.29 is 5.11 Å². The largest absolute Gasteiger partial charge is 0.508 e. The third-order valence-electron chi connectivity index (χ3n) is 1.94. The van der Waals surface area contributed by atoms with Crippen LogP contribution >= 0.6 is 0 Å². The number of aromatic hydroxyl groups is 1. The average Bonchev–Trinajstić information content (AvgIpc) is 2.30. The third kappa shape index (κ3) is 2.64. The molecule has 2 rings (SSSR count). The van der Waals surface area contributed by atoms with Gasteiger partial charge >= 0.3 is 0 Å². The second-order valence-corrected chi connectivity index (χ2v) is 3.10. The molecule has 0 spiro atoms. The molecule has 0 fully saturated rings. The molecule has 1 aromatic carbocycles. The topological polar surface area (TPSA) is 46.0 Å². The van der Waals surface area contributed by atoms with Gasteiger partial charge in [-0.15, -0.1) is 0 Å². The molecule has 0 aliphatic heterocycles. The van der Waals surface area contributed by atoms with Gasteiger partial charge in [0.1, 0.15) is 12.1 Å². The van der Waals surface area contributed by atoms with Crippen molar-refractivity contribution in [1.82, 2.24) is 9.97 Å². The van der Waals surface area contributed by atoms with E-state index in [1.165, 1.54) is 6.33 Å². The monoisotopic (exact) mass is 198 g/mol. The lowest BCUT2D eigenvalue weighted by Gasteiger charge is -1.94. The van der Waals surface area contributed by atoms with Crippen molar-refractivity contribution in [2.24, 2.45) is 0 Å². The Kier molecular flexibility index (Phi) is 2.74. The Hall–Kier alpha value is -2.16. The molecule has 0 aliphatic carbocycles. The molecule has 3 heteroatoms. The molecule has 0 radical (unpaired) electrons. The first-order valence-corrected chi connectivity index (χ1v) is 4.57. The molecule has 0 atom stereocenters. The molecular weight excluding hydrogens is 188 g/mol. The Morgan fingerprint density at radius 3 is 2.13 bits per heavy atom. The molecule has 1 N–H and O–H groups in total. The Labute approximate surface area is 87.8 Å². The summed E-state index contributed by atoms with van der Waals surface area (Å²) in [5, 5.41) is 9.10. The van der Waals surface area contributed by atoms with Crippen molar-refractivity contribution in [3.05, 3.63) is 54.1 Å². The Morgan fingerprint density at radius 1 is 0.867 bits per heavy atom. The van der Waals surface area contributed by atoms with Gasteiger partial charge < -0.3 is 5.11 Å². The molecule has 2 aromatic rings. The highest BCUT2D eigenvalue weighted by Gasteiger charge is 1.88. The van der Waals surface area contributed by atoms with Crippen molar-refractivity contribution in [2.45, 2.75) is 0 Å². The van der Waals surface area contributed by atoms with E-state index in [0.717, 1.165) is 11.1 Å². The maximum Gasteiger partial charge on any atom is 0.115 e. The normalized spacial score (nSPS) is 10.7. The van der Waals surface area contributed by atoms with Gasteiger partial charge in [0.15, 0.2) is 0 Å². The molecule has 1 aromatic heterocycles. The number of benzene rings is 1. The minimum absolute atomic E-state index is 0.273. The lowest BCUT2D eigenvalue weighted by atomic mass is 10.2. The van der Waals surface area contributed by atoms with Crippen LogP contribution < -0.4 is 0 Å². The third-order valence-corrected chi connectivity index (χ3v) is 1.94. The first kappa shape index (κ1) is 9.40. The van der Waals surface area contributed by atoms with Crippen LogP contribution in [-0.4, -0.2) is 15.1 Å². The summed E-state index contributed by atoms with van der Waals surface area (Å²) in [6.07, 6.45) is 8.84. The minimum Gasteiger partial charge on any atom is -0.508 e. The lowest BCUT2D eigenvalue weighted by Crippen LogP contribution is -1.78. The Balaban J connectivity index is 2.15. The maximum absolute atomic E-state index is 9.10. The van der Waals surface area contributed by atoms with Gasteiger partial charge in [0.25, 0.3) is 0 Å². The second-order valence-electron chi connectivity index (χ2n) is 3.10. The first-order chi connectivity index (χ1) is 7.34. The molecule has 0 amide bonds. The molecule has 0 aliphatic rings. The van der Waals surface area contributed by atoms with E-state index in [0.29, 0.717) is 0 Å². The average molecular weight is 198 g/mol. The van der Waals surface area contributed by atoms with E-state index in [1.54, 1.807) is 24.5 Å². The number of phenolic OH excluding ortho intramolecular Hbond substituents is 1. The quantitative estimate of drug-likeness (QED) is 0.805. The Bertz CT molecular complexity index is 449. The predicted molar refractivity (Wildman–Crippen MR) is 59.1 cm³/mol. The second kappa shape index (κ2) is 4.37. The molecule has 0 unspecified atom stereocenters. The van der Waals surface area contributed by atoms with E-state index in [4.69, 9.17) is 5.11 Å². The summed E-state index contributed by atoms with van der Waals surface area (Å²) >= 11 is 0. The number of hydrogen-bond acceptors (Lipinski definition) is 3. The van der Waals surface area contributed by atoms with Crippen LogP contribution in [0.2, 0.25) is 0 Å². The molecule has 0 bridgehead atoms. The molecular formula is C12H10N2O. The Morgan fingerprint density at radius 2 is 1.47 bits per heavy atom. The van der Waals surface area contributed by atoms with E-state index in [9.17, 15) is 0 Å². The number of phenols is 1. The number of aromatic nitrogens is 2. The van der Waals surface area contributed by atoms with E-state index in [-0.39, 0.29) is 5.75 Å².